The standard InChI is InChI=1S/C58H88P2/c1-10-18-30-47-34-26-42-55(51(47)38-22-14-5)59(56-43-27-35-48(31-19-11-2)52(56)39-23-15-6)46(9)60(57-44-28-36-49(32-20-12-3)53(57)40-24-16-7)58-45-29-37-50(33-21-13-4)54(58)41-25-17-8/h26-29,34-37,42-46H,10-25,30-33,38-41H2,1-9H3. The molecule has 0 unspecified atom stereocenters. The molecular weight excluding hydrogens is 759 g/mol. The van der Waals surface area contributed by atoms with Crippen molar-refractivity contribution in [1.82, 2.24) is 0 Å². The third-order valence-corrected chi connectivity index (χ3v) is 19.7. The first-order chi connectivity index (χ1) is 29.4. The first-order valence-electron chi connectivity index (χ1n) is 25.4. The Morgan fingerprint density at radius 2 is 0.500 bits per heavy atom. The van der Waals surface area contributed by atoms with E-state index in [1.807, 2.05) is 0 Å². The number of rotatable bonds is 30. The fourth-order valence-corrected chi connectivity index (χ4v) is 17.3. The van der Waals surface area contributed by atoms with E-state index < -0.39 is 15.8 Å². The highest BCUT2D eigenvalue weighted by atomic mass is 31.2. The van der Waals surface area contributed by atoms with Crippen LogP contribution in [0.1, 0.15) is 210 Å². The van der Waals surface area contributed by atoms with Gasteiger partial charge in [-0.1, -0.05) is 186 Å². The lowest BCUT2D eigenvalue weighted by atomic mass is 9.97. The predicted octanol–water partition coefficient (Wildman–Crippen LogP) is 16.3. The van der Waals surface area contributed by atoms with Crippen LogP contribution in [-0.4, -0.2) is 5.40 Å². The molecule has 0 amide bonds. The Labute approximate surface area is 374 Å². The zero-order valence-corrected chi connectivity index (χ0v) is 42.2. The maximum absolute atomic E-state index is 2.77. The van der Waals surface area contributed by atoms with Crippen molar-refractivity contribution in [2.45, 2.75) is 222 Å². The Kier molecular flexibility index (Phi) is 23.9. The zero-order chi connectivity index (χ0) is 43.1. The summed E-state index contributed by atoms with van der Waals surface area (Å²) < 4.78 is 0. The van der Waals surface area contributed by atoms with Gasteiger partial charge < -0.3 is 0 Å². The van der Waals surface area contributed by atoms with Gasteiger partial charge in [-0.3, -0.25) is 0 Å². The number of benzene rings is 4. The van der Waals surface area contributed by atoms with Crippen LogP contribution in [0.15, 0.2) is 72.8 Å². The van der Waals surface area contributed by atoms with E-state index in [1.165, 1.54) is 154 Å². The summed E-state index contributed by atoms with van der Waals surface area (Å²) in [6.45, 7) is 21.8. The van der Waals surface area contributed by atoms with Crippen molar-refractivity contribution in [2.24, 2.45) is 0 Å². The third-order valence-electron chi connectivity index (χ3n) is 13.1. The molecule has 60 heavy (non-hydrogen) atoms. The van der Waals surface area contributed by atoms with Crippen LogP contribution in [0.4, 0.5) is 0 Å². The van der Waals surface area contributed by atoms with Gasteiger partial charge in [0.2, 0.25) is 0 Å². The molecule has 4 rings (SSSR count). The number of unbranched alkanes of at least 4 members (excludes halogenated alkanes) is 8. The average molecular weight is 847 g/mol. The molecule has 0 saturated heterocycles. The van der Waals surface area contributed by atoms with E-state index in [4.69, 9.17) is 0 Å². The minimum atomic E-state index is -0.699. The van der Waals surface area contributed by atoms with Gasteiger partial charge in [-0.25, -0.2) is 0 Å². The molecule has 4 aromatic rings. The monoisotopic (exact) mass is 847 g/mol. The van der Waals surface area contributed by atoms with Gasteiger partial charge in [-0.15, -0.1) is 0 Å². The normalized spacial score (nSPS) is 11.8. The lowest BCUT2D eigenvalue weighted by Crippen LogP contribution is -2.32. The third kappa shape index (κ3) is 13.9. The SMILES string of the molecule is CCCCc1cccc(P(c2cccc(CCCC)c2CCCC)C(C)P(c2cccc(CCCC)c2CCCC)c2cccc(CCCC)c2CCCC)c1CCCC. The first kappa shape index (κ1) is 50.4. The fourth-order valence-electron chi connectivity index (χ4n) is 9.54. The first-order valence-corrected chi connectivity index (χ1v) is 28.3. The molecule has 2 heteroatoms. The maximum Gasteiger partial charge on any atom is 0.0127 e. The van der Waals surface area contributed by atoms with Gasteiger partial charge in [0.05, 0.1) is 0 Å². The summed E-state index contributed by atoms with van der Waals surface area (Å²) in [5.41, 5.74) is 13.4. The van der Waals surface area contributed by atoms with Gasteiger partial charge in [-0.2, -0.15) is 0 Å². The number of hydrogen-bond donors (Lipinski definition) is 0. The van der Waals surface area contributed by atoms with Gasteiger partial charge in [0.1, 0.15) is 0 Å². The Morgan fingerprint density at radius 1 is 0.300 bits per heavy atom. The smallest absolute Gasteiger partial charge is 0.0127 e. The minimum absolute atomic E-state index is 0.488. The highest BCUT2D eigenvalue weighted by Crippen LogP contribution is 2.58. The van der Waals surface area contributed by atoms with Crippen molar-refractivity contribution in [1.29, 1.82) is 0 Å². The summed E-state index contributed by atoms with van der Waals surface area (Å²) in [5, 5.41) is 7.35. The fraction of sp³-hybridized carbons (Fsp3) is 0.586. The van der Waals surface area contributed by atoms with Crippen molar-refractivity contribution in [3.8, 4) is 0 Å². The molecule has 330 valence electrons. The number of aryl methyl sites for hydroxylation is 4. The van der Waals surface area contributed by atoms with Crippen molar-refractivity contribution in [2.75, 3.05) is 0 Å². The average Bonchev–Trinajstić information content (AvgIpc) is 3.27. The van der Waals surface area contributed by atoms with E-state index in [0.717, 1.165) is 0 Å². The quantitative estimate of drug-likeness (QED) is 0.0459. The highest BCUT2D eigenvalue weighted by molar-refractivity contribution is 7.89. The maximum atomic E-state index is 2.77. The minimum Gasteiger partial charge on any atom is -0.0654 e. The Bertz CT molecular complexity index is 1540. The van der Waals surface area contributed by atoms with Crippen molar-refractivity contribution in [3.05, 3.63) is 117 Å². The lowest BCUT2D eigenvalue weighted by molar-refractivity contribution is 0.760. The number of hydrogen-bond acceptors (Lipinski definition) is 0. The molecule has 0 heterocycles. The molecule has 0 saturated carbocycles. The molecule has 0 atom stereocenters. The molecule has 0 aromatic heterocycles. The van der Waals surface area contributed by atoms with Crippen LogP contribution in [-0.2, 0) is 51.4 Å². The van der Waals surface area contributed by atoms with Gasteiger partial charge in [0.15, 0.2) is 0 Å². The van der Waals surface area contributed by atoms with E-state index >= 15 is 0 Å². The Hall–Kier alpha value is -2.26. The summed E-state index contributed by atoms with van der Waals surface area (Å²) in [6, 6.07) is 30.5. The molecule has 0 nitrogen and oxygen atoms in total. The topological polar surface area (TPSA) is 0 Å². The van der Waals surface area contributed by atoms with Gasteiger partial charge in [-0.05, 0) is 184 Å². The second kappa shape index (κ2) is 28.4. The molecule has 0 aliphatic heterocycles. The molecular formula is C58H88P2. The van der Waals surface area contributed by atoms with Crippen LogP contribution in [0.3, 0.4) is 0 Å². The highest BCUT2D eigenvalue weighted by Gasteiger charge is 2.36. The van der Waals surface area contributed by atoms with Crippen LogP contribution >= 0.6 is 15.8 Å². The Balaban J connectivity index is 2.21. The molecule has 0 fully saturated rings. The van der Waals surface area contributed by atoms with Gasteiger partial charge in [0.25, 0.3) is 0 Å². The summed E-state index contributed by atoms with van der Waals surface area (Å²) in [6.07, 6.45) is 29.8. The summed E-state index contributed by atoms with van der Waals surface area (Å²) in [5.74, 6) is 0. The molecule has 0 radical (unpaired) electrons. The molecule has 0 spiro atoms. The van der Waals surface area contributed by atoms with Crippen LogP contribution in [0, 0.1) is 0 Å². The van der Waals surface area contributed by atoms with E-state index in [1.54, 1.807) is 65.7 Å². The summed E-state index contributed by atoms with van der Waals surface area (Å²) in [4.78, 5) is 0. The van der Waals surface area contributed by atoms with Gasteiger partial charge in [0, 0.05) is 5.40 Å². The molecule has 0 bridgehead atoms. The van der Waals surface area contributed by atoms with E-state index in [-0.39, 0.29) is 0 Å². The second-order valence-corrected chi connectivity index (χ2v) is 23.2. The largest absolute Gasteiger partial charge is 0.0654 e. The van der Waals surface area contributed by atoms with Crippen LogP contribution in [0.5, 0.6) is 0 Å². The molecule has 0 N–H and O–H groups in total. The van der Waals surface area contributed by atoms with Crippen LogP contribution in [0.2, 0.25) is 0 Å². The molecule has 0 aliphatic rings. The van der Waals surface area contributed by atoms with E-state index in [9.17, 15) is 0 Å². The van der Waals surface area contributed by atoms with Crippen molar-refractivity contribution in [3.63, 3.8) is 0 Å². The van der Waals surface area contributed by atoms with Crippen molar-refractivity contribution >= 4 is 37.1 Å². The zero-order valence-electron chi connectivity index (χ0n) is 40.4. The van der Waals surface area contributed by atoms with Gasteiger partial charge >= 0.3 is 0 Å². The van der Waals surface area contributed by atoms with E-state index in [0.29, 0.717) is 5.40 Å². The second-order valence-electron chi connectivity index (χ2n) is 17.9. The van der Waals surface area contributed by atoms with E-state index in [2.05, 4.69) is 135 Å². The lowest BCUT2D eigenvalue weighted by Gasteiger charge is -2.38. The summed E-state index contributed by atoms with van der Waals surface area (Å²) >= 11 is 0. The van der Waals surface area contributed by atoms with Crippen molar-refractivity contribution < 1.29 is 0 Å². The molecule has 4 aromatic carbocycles. The predicted molar refractivity (Wildman–Crippen MR) is 277 cm³/mol. The summed E-state index contributed by atoms with van der Waals surface area (Å²) in [7, 11) is -1.40. The molecule has 0 aliphatic carbocycles. The van der Waals surface area contributed by atoms with Crippen LogP contribution in [0.25, 0.3) is 0 Å². The Morgan fingerprint density at radius 3 is 0.700 bits per heavy atom. The van der Waals surface area contributed by atoms with Crippen LogP contribution < -0.4 is 21.2 Å².